The van der Waals surface area contributed by atoms with Crippen LogP contribution in [0, 0.1) is 0 Å². The van der Waals surface area contributed by atoms with Crippen LogP contribution in [0.2, 0.25) is 0 Å². The fourth-order valence-electron chi connectivity index (χ4n) is 0.561. The molecule has 0 aliphatic heterocycles. The smallest absolute Gasteiger partial charge is 0.236 e. The van der Waals surface area contributed by atoms with Gasteiger partial charge >= 0.3 is 0 Å². The van der Waals surface area contributed by atoms with Crippen LogP contribution in [0.1, 0.15) is 6.42 Å². The lowest BCUT2D eigenvalue weighted by molar-refractivity contribution is -0.121. The largest absolute Gasteiger partial charge is 0.358 e. The van der Waals surface area contributed by atoms with E-state index in [4.69, 9.17) is 5.73 Å². The first kappa shape index (κ1) is 13.6. The fraction of sp³-hybridized carbons (Fsp3) is 0.833. The summed E-state index contributed by atoms with van der Waals surface area (Å²) in [5.74, 6) is 0.864. The molecule has 5 heteroatoms. The van der Waals surface area contributed by atoms with Crippen LogP contribution >= 0.6 is 24.2 Å². The Morgan fingerprint density at radius 2 is 2.27 bits per heavy atom. The van der Waals surface area contributed by atoms with Crippen molar-refractivity contribution in [2.45, 2.75) is 12.5 Å². The quantitative estimate of drug-likeness (QED) is 0.681. The number of halogens is 1. The zero-order valence-corrected chi connectivity index (χ0v) is 8.43. The van der Waals surface area contributed by atoms with Gasteiger partial charge in [0.15, 0.2) is 0 Å². The van der Waals surface area contributed by atoms with Crippen molar-refractivity contribution in [3.8, 4) is 0 Å². The van der Waals surface area contributed by atoms with Gasteiger partial charge in [0.05, 0.1) is 6.04 Å². The van der Waals surface area contributed by atoms with E-state index in [2.05, 4.69) is 5.32 Å². The van der Waals surface area contributed by atoms with E-state index in [9.17, 15) is 4.79 Å². The number of carbonyl (C=O) groups is 1. The van der Waals surface area contributed by atoms with E-state index in [1.54, 1.807) is 18.8 Å². The number of hydrogen-bond acceptors (Lipinski definition) is 3. The summed E-state index contributed by atoms with van der Waals surface area (Å²) in [5.41, 5.74) is 5.49. The van der Waals surface area contributed by atoms with Crippen molar-refractivity contribution in [3.05, 3.63) is 0 Å². The zero-order valence-electron chi connectivity index (χ0n) is 6.79. The molecule has 0 saturated heterocycles. The van der Waals surface area contributed by atoms with E-state index >= 15 is 0 Å². The maximum Gasteiger partial charge on any atom is 0.236 e. The van der Waals surface area contributed by atoms with Gasteiger partial charge in [0, 0.05) is 7.05 Å². The van der Waals surface area contributed by atoms with Gasteiger partial charge in [-0.3, -0.25) is 4.79 Å². The number of likely N-dealkylation sites (N-methyl/N-ethyl adjacent to an activating group) is 1. The van der Waals surface area contributed by atoms with Crippen LogP contribution in [-0.4, -0.2) is 31.0 Å². The maximum atomic E-state index is 10.8. The van der Waals surface area contributed by atoms with Crippen LogP contribution in [0.15, 0.2) is 0 Å². The Balaban J connectivity index is 0. The minimum Gasteiger partial charge on any atom is -0.358 e. The van der Waals surface area contributed by atoms with Crippen LogP contribution < -0.4 is 11.1 Å². The molecule has 0 aromatic carbocycles. The highest BCUT2D eigenvalue weighted by Crippen LogP contribution is 1.97. The molecule has 1 atom stereocenters. The standard InChI is InChI=1S/C6H14N2OS.ClH/c1-8-6(9)5(7)3-4-10-2;/h5H,3-4,7H2,1-2H3,(H,8,9);1H/t5-;/m0./s1. The first-order valence-electron chi connectivity index (χ1n) is 3.18. The highest BCUT2D eigenvalue weighted by molar-refractivity contribution is 7.98. The Labute approximate surface area is 77.9 Å². The molecule has 0 radical (unpaired) electrons. The lowest BCUT2D eigenvalue weighted by atomic mass is 10.2. The van der Waals surface area contributed by atoms with Crippen molar-refractivity contribution in [1.82, 2.24) is 5.32 Å². The summed E-state index contributed by atoms with van der Waals surface area (Å²) < 4.78 is 0. The third kappa shape index (κ3) is 6.47. The summed E-state index contributed by atoms with van der Waals surface area (Å²) in [6.07, 6.45) is 2.75. The van der Waals surface area contributed by atoms with Crippen molar-refractivity contribution in [2.75, 3.05) is 19.1 Å². The van der Waals surface area contributed by atoms with Crippen LogP contribution in [-0.2, 0) is 4.79 Å². The van der Waals surface area contributed by atoms with Gasteiger partial charge in [-0.2, -0.15) is 11.8 Å². The molecular formula is C6H15ClN2OS. The summed E-state index contributed by atoms with van der Waals surface area (Å²) >= 11 is 1.70. The van der Waals surface area contributed by atoms with Crippen LogP contribution in [0.5, 0.6) is 0 Å². The van der Waals surface area contributed by atoms with Crippen molar-refractivity contribution in [1.29, 1.82) is 0 Å². The van der Waals surface area contributed by atoms with Gasteiger partial charge in [-0.1, -0.05) is 0 Å². The van der Waals surface area contributed by atoms with Crippen molar-refractivity contribution in [2.24, 2.45) is 5.73 Å². The zero-order chi connectivity index (χ0) is 7.98. The predicted octanol–water partition coefficient (Wildman–Crippen LogP) is 0.235. The Hall–Kier alpha value is 0.0700. The van der Waals surface area contributed by atoms with Gasteiger partial charge in [-0.25, -0.2) is 0 Å². The lowest BCUT2D eigenvalue weighted by Gasteiger charge is -2.07. The molecule has 0 spiro atoms. The van der Waals surface area contributed by atoms with Gasteiger partial charge in [0.1, 0.15) is 0 Å². The Morgan fingerprint density at radius 3 is 2.64 bits per heavy atom. The van der Waals surface area contributed by atoms with Crippen molar-refractivity contribution < 1.29 is 4.79 Å². The molecule has 0 bridgehead atoms. The Kier molecular flexibility index (Phi) is 10.1. The SMILES string of the molecule is CNC(=O)[C@@H](N)CCSC.Cl. The summed E-state index contributed by atoms with van der Waals surface area (Å²) in [7, 11) is 1.60. The van der Waals surface area contributed by atoms with E-state index < -0.39 is 0 Å². The van der Waals surface area contributed by atoms with Gasteiger partial charge in [0.25, 0.3) is 0 Å². The first-order chi connectivity index (χ1) is 4.72. The van der Waals surface area contributed by atoms with Crippen LogP contribution in [0.3, 0.4) is 0 Å². The van der Waals surface area contributed by atoms with E-state index in [0.717, 1.165) is 12.2 Å². The molecule has 3 nitrogen and oxygen atoms in total. The van der Waals surface area contributed by atoms with E-state index in [0.29, 0.717) is 0 Å². The second kappa shape index (κ2) is 8.17. The average Bonchev–Trinajstić information content (AvgIpc) is 1.98. The highest BCUT2D eigenvalue weighted by atomic mass is 35.5. The van der Waals surface area contributed by atoms with E-state index in [-0.39, 0.29) is 24.4 Å². The normalized spacial score (nSPS) is 11.5. The molecule has 11 heavy (non-hydrogen) atoms. The third-order valence-corrected chi connectivity index (χ3v) is 1.86. The van der Waals surface area contributed by atoms with Gasteiger partial charge < -0.3 is 11.1 Å². The lowest BCUT2D eigenvalue weighted by Crippen LogP contribution is -2.38. The summed E-state index contributed by atoms with van der Waals surface area (Å²) in [6.45, 7) is 0. The molecule has 3 N–H and O–H groups in total. The average molecular weight is 199 g/mol. The molecule has 0 unspecified atom stereocenters. The Bertz CT molecular complexity index is 113. The number of amides is 1. The molecule has 0 aromatic rings. The summed E-state index contributed by atoms with van der Waals surface area (Å²) in [5, 5.41) is 2.50. The molecule has 0 rings (SSSR count). The molecule has 68 valence electrons. The Morgan fingerprint density at radius 1 is 1.73 bits per heavy atom. The monoisotopic (exact) mass is 198 g/mol. The summed E-state index contributed by atoms with van der Waals surface area (Å²) in [4.78, 5) is 10.8. The number of rotatable bonds is 4. The molecule has 0 aromatic heterocycles. The minimum absolute atomic E-state index is 0. The molecule has 0 heterocycles. The van der Waals surface area contributed by atoms with Gasteiger partial charge in [-0.05, 0) is 18.4 Å². The van der Waals surface area contributed by atoms with Crippen molar-refractivity contribution >= 4 is 30.1 Å². The topological polar surface area (TPSA) is 55.1 Å². The molecule has 0 aliphatic carbocycles. The molecule has 0 fully saturated rings. The number of hydrogen-bond donors (Lipinski definition) is 2. The van der Waals surface area contributed by atoms with Gasteiger partial charge in [0.2, 0.25) is 5.91 Å². The maximum absolute atomic E-state index is 10.8. The number of carbonyl (C=O) groups excluding carboxylic acids is 1. The van der Waals surface area contributed by atoms with Crippen LogP contribution in [0.25, 0.3) is 0 Å². The second-order valence-corrected chi connectivity index (χ2v) is 2.99. The van der Waals surface area contributed by atoms with Crippen molar-refractivity contribution in [3.63, 3.8) is 0 Å². The molecular weight excluding hydrogens is 184 g/mol. The first-order valence-corrected chi connectivity index (χ1v) is 4.58. The highest BCUT2D eigenvalue weighted by Gasteiger charge is 2.09. The predicted molar refractivity (Wildman–Crippen MR) is 52.3 cm³/mol. The molecule has 0 saturated carbocycles. The molecule has 0 aliphatic rings. The number of nitrogens with two attached hydrogens (primary N) is 1. The number of nitrogens with one attached hydrogen (secondary N) is 1. The minimum atomic E-state index is -0.336. The third-order valence-electron chi connectivity index (χ3n) is 1.22. The molecule has 1 amide bonds. The number of thioether (sulfide) groups is 1. The second-order valence-electron chi connectivity index (χ2n) is 2.00. The van der Waals surface area contributed by atoms with Crippen LogP contribution in [0.4, 0.5) is 0 Å². The van der Waals surface area contributed by atoms with Gasteiger partial charge in [-0.15, -0.1) is 12.4 Å². The summed E-state index contributed by atoms with van der Waals surface area (Å²) in [6, 6.07) is -0.336. The fourth-order valence-corrected chi connectivity index (χ4v) is 1.05. The van der Waals surface area contributed by atoms with E-state index in [1.807, 2.05) is 6.26 Å². The van der Waals surface area contributed by atoms with E-state index in [1.165, 1.54) is 0 Å².